The van der Waals surface area contributed by atoms with Crippen LogP contribution in [-0.2, 0) is 0 Å². The number of rotatable bonds is 2. The summed E-state index contributed by atoms with van der Waals surface area (Å²) >= 11 is 0. The molecule has 1 fully saturated rings. The Bertz CT molecular complexity index is 346. The minimum atomic E-state index is -0.100. The number of aliphatic hydroxyl groups is 1. The molecule has 82 valence electrons. The first kappa shape index (κ1) is 10.5. The number of aryl methyl sites for hydroxylation is 1. The highest BCUT2D eigenvalue weighted by Gasteiger charge is 2.25. The zero-order valence-electron chi connectivity index (χ0n) is 9.36. The quantitative estimate of drug-likeness (QED) is 0.806. The normalized spacial score (nSPS) is 25.5. The van der Waals surface area contributed by atoms with Crippen molar-refractivity contribution in [1.82, 2.24) is 0 Å². The Hall–Kier alpha value is -1.02. The molecule has 0 bridgehead atoms. The van der Waals surface area contributed by atoms with Gasteiger partial charge in [0.15, 0.2) is 0 Å². The summed E-state index contributed by atoms with van der Waals surface area (Å²) in [5.74, 6) is 1.45. The Morgan fingerprint density at radius 2 is 2.13 bits per heavy atom. The lowest BCUT2D eigenvalue weighted by Gasteiger charge is -2.14. The first-order chi connectivity index (χ1) is 7.20. The van der Waals surface area contributed by atoms with Crippen molar-refractivity contribution in [2.45, 2.75) is 38.2 Å². The van der Waals surface area contributed by atoms with Crippen molar-refractivity contribution < 1.29 is 9.84 Å². The zero-order chi connectivity index (χ0) is 10.8. The van der Waals surface area contributed by atoms with Gasteiger partial charge in [-0.1, -0.05) is 6.07 Å². The van der Waals surface area contributed by atoms with Gasteiger partial charge in [-0.15, -0.1) is 0 Å². The largest absolute Gasteiger partial charge is 0.497 e. The van der Waals surface area contributed by atoms with Gasteiger partial charge >= 0.3 is 0 Å². The van der Waals surface area contributed by atoms with E-state index in [1.165, 1.54) is 11.1 Å². The maximum Gasteiger partial charge on any atom is 0.119 e. The molecule has 0 saturated heterocycles. The van der Waals surface area contributed by atoms with Crippen molar-refractivity contribution in [3.63, 3.8) is 0 Å². The molecule has 2 rings (SSSR count). The third kappa shape index (κ3) is 2.15. The van der Waals surface area contributed by atoms with Gasteiger partial charge in [-0.05, 0) is 55.4 Å². The predicted molar refractivity (Wildman–Crippen MR) is 60.3 cm³/mol. The predicted octanol–water partition coefficient (Wildman–Crippen LogP) is 2.63. The first-order valence-corrected chi connectivity index (χ1v) is 5.53. The van der Waals surface area contributed by atoms with E-state index in [2.05, 4.69) is 19.1 Å². The van der Waals surface area contributed by atoms with Crippen LogP contribution in [-0.4, -0.2) is 18.3 Å². The van der Waals surface area contributed by atoms with Gasteiger partial charge in [0, 0.05) is 0 Å². The lowest BCUT2D eigenvalue weighted by molar-refractivity contribution is 0.181. The Morgan fingerprint density at radius 1 is 1.33 bits per heavy atom. The second-order valence-corrected chi connectivity index (χ2v) is 4.39. The van der Waals surface area contributed by atoms with Crippen molar-refractivity contribution in [3.8, 4) is 5.75 Å². The molecule has 0 amide bonds. The van der Waals surface area contributed by atoms with Crippen LogP contribution in [0.1, 0.15) is 36.3 Å². The van der Waals surface area contributed by atoms with Crippen LogP contribution < -0.4 is 4.74 Å². The lowest BCUT2D eigenvalue weighted by atomic mass is 9.93. The SMILES string of the molecule is COc1ccc(C2CCC(O)C2)c(C)c1. The Labute approximate surface area is 90.9 Å². The van der Waals surface area contributed by atoms with E-state index in [1.807, 2.05) is 6.07 Å². The van der Waals surface area contributed by atoms with Gasteiger partial charge < -0.3 is 9.84 Å². The molecule has 1 aliphatic carbocycles. The van der Waals surface area contributed by atoms with Crippen molar-refractivity contribution in [3.05, 3.63) is 29.3 Å². The average molecular weight is 206 g/mol. The number of methoxy groups -OCH3 is 1. The second-order valence-electron chi connectivity index (χ2n) is 4.39. The monoisotopic (exact) mass is 206 g/mol. The summed E-state index contributed by atoms with van der Waals surface area (Å²) in [6, 6.07) is 6.21. The van der Waals surface area contributed by atoms with Gasteiger partial charge in [-0.25, -0.2) is 0 Å². The molecule has 1 aromatic rings. The number of hydrogen-bond acceptors (Lipinski definition) is 2. The minimum Gasteiger partial charge on any atom is -0.497 e. The van der Waals surface area contributed by atoms with E-state index in [4.69, 9.17) is 4.74 Å². The molecule has 0 spiro atoms. The van der Waals surface area contributed by atoms with E-state index in [1.54, 1.807) is 7.11 Å². The molecule has 1 saturated carbocycles. The summed E-state index contributed by atoms with van der Waals surface area (Å²) < 4.78 is 5.18. The Balaban J connectivity index is 2.21. The number of aliphatic hydroxyl groups excluding tert-OH is 1. The van der Waals surface area contributed by atoms with E-state index >= 15 is 0 Å². The fraction of sp³-hybridized carbons (Fsp3) is 0.538. The number of benzene rings is 1. The van der Waals surface area contributed by atoms with E-state index in [0.717, 1.165) is 25.0 Å². The van der Waals surface area contributed by atoms with Gasteiger partial charge in [-0.2, -0.15) is 0 Å². The number of hydrogen-bond donors (Lipinski definition) is 1. The van der Waals surface area contributed by atoms with E-state index in [-0.39, 0.29) is 6.10 Å². The summed E-state index contributed by atoms with van der Waals surface area (Å²) in [6.45, 7) is 2.11. The highest BCUT2D eigenvalue weighted by atomic mass is 16.5. The third-order valence-electron chi connectivity index (χ3n) is 3.32. The van der Waals surface area contributed by atoms with Gasteiger partial charge in [0.25, 0.3) is 0 Å². The highest BCUT2D eigenvalue weighted by molar-refractivity contribution is 5.37. The molecule has 0 heterocycles. The molecule has 1 aliphatic rings. The van der Waals surface area contributed by atoms with Gasteiger partial charge in [0.1, 0.15) is 5.75 Å². The van der Waals surface area contributed by atoms with E-state index < -0.39 is 0 Å². The Kier molecular flexibility index (Phi) is 2.96. The lowest BCUT2D eigenvalue weighted by Crippen LogP contribution is -2.01. The topological polar surface area (TPSA) is 29.5 Å². The van der Waals surface area contributed by atoms with E-state index in [9.17, 15) is 5.11 Å². The van der Waals surface area contributed by atoms with Gasteiger partial charge in [0.2, 0.25) is 0 Å². The molecule has 0 radical (unpaired) electrons. The number of ether oxygens (including phenoxy) is 1. The molecule has 0 aromatic heterocycles. The van der Waals surface area contributed by atoms with E-state index in [0.29, 0.717) is 5.92 Å². The molecule has 15 heavy (non-hydrogen) atoms. The molecule has 2 atom stereocenters. The molecular formula is C13H18O2. The van der Waals surface area contributed by atoms with Crippen molar-refractivity contribution in [2.24, 2.45) is 0 Å². The third-order valence-corrected chi connectivity index (χ3v) is 3.32. The summed E-state index contributed by atoms with van der Waals surface area (Å²) in [5, 5.41) is 9.53. The highest BCUT2D eigenvalue weighted by Crippen LogP contribution is 2.36. The van der Waals surface area contributed by atoms with Crippen LogP contribution in [0.2, 0.25) is 0 Å². The van der Waals surface area contributed by atoms with Crippen LogP contribution in [0.4, 0.5) is 0 Å². The average Bonchev–Trinajstić information content (AvgIpc) is 2.64. The van der Waals surface area contributed by atoms with Crippen LogP contribution in [0.5, 0.6) is 5.75 Å². The Morgan fingerprint density at radius 3 is 2.67 bits per heavy atom. The maximum absolute atomic E-state index is 9.53. The molecule has 2 nitrogen and oxygen atoms in total. The van der Waals surface area contributed by atoms with Crippen molar-refractivity contribution in [2.75, 3.05) is 7.11 Å². The van der Waals surface area contributed by atoms with Gasteiger partial charge in [0.05, 0.1) is 13.2 Å². The molecule has 2 heteroatoms. The molecule has 2 unspecified atom stereocenters. The van der Waals surface area contributed by atoms with Crippen molar-refractivity contribution in [1.29, 1.82) is 0 Å². The fourth-order valence-electron chi connectivity index (χ4n) is 2.47. The summed E-state index contributed by atoms with van der Waals surface area (Å²) in [4.78, 5) is 0. The standard InChI is InChI=1S/C13H18O2/c1-9-7-12(15-2)5-6-13(9)10-3-4-11(14)8-10/h5-7,10-11,14H,3-4,8H2,1-2H3. The molecule has 1 aromatic carbocycles. The summed E-state index contributed by atoms with van der Waals surface area (Å²) in [5.41, 5.74) is 2.64. The summed E-state index contributed by atoms with van der Waals surface area (Å²) in [7, 11) is 1.69. The smallest absolute Gasteiger partial charge is 0.119 e. The summed E-state index contributed by atoms with van der Waals surface area (Å²) in [6.07, 6.45) is 2.86. The van der Waals surface area contributed by atoms with Crippen LogP contribution in [0, 0.1) is 6.92 Å². The molecule has 1 N–H and O–H groups in total. The fourth-order valence-corrected chi connectivity index (χ4v) is 2.47. The van der Waals surface area contributed by atoms with Gasteiger partial charge in [-0.3, -0.25) is 0 Å². The maximum atomic E-state index is 9.53. The first-order valence-electron chi connectivity index (χ1n) is 5.53. The zero-order valence-corrected chi connectivity index (χ0v) is 9.36. The molecular weight excluding hydrogens is 188 g/mol. The van der Waals surface area contributed by atoms with Crippen LogP contribution in [0.15, 0.2) is 18.2 Å². The molecule has 0 aliphatic heterocycles. The minimum absolute atomic E-state index is 0.100. The van der Waals surface area contributed by atoms with Crippen LogP contribution in [0.3, 0.4) is 0 Å². The van der Waals surface area contributed by atoms with Crippen molar-refractivity contribution >= 4 is 0 Å². The second kappa shape index (κ2) is 4.23. The van der Waals surface area contributed by atoms with Crippen LogP contribution in [0.25, 0.3) is 0 Å². The van der Waals surface area contributed by atoms with Crippen LogP contribution >= 0.6 is 0 Å².